The fourth-order valence-corrected chi connectivity index (χ4v) is 2.42. The highest BCUT2D eigenvalue weighted by Gasteiger charge is 2.14. The van der Waals surface area contributed by atoms with Crippen LogP contribution in [0.3, 0.4) is 0 Å². The summed E-state index contributed by atoms with van der Waals surface area (Å²) in [5, 5.41) is 17.3. The van der Waals surface area contributed by atoms with Crippen molar-refractivity contribution in [3.8, 4) is 11.8 Å². The van der Waals surface area contributed by atoms with Gasteiger partial charge in [0.1, 0.15) is 24.1 Å². The van der Waals surface area contributed by atoms with E-state index >= 15 is 0 Å². The van der Waals surface area contributed by atoms with Gasteiger partial charge in [-0.1, -0.05) is 47.2 Å². The van der Waals surface area contributed by atoms with E-state index in [1.165, 1.54) is 11.1 Å². The number of nitrogens with zero attached hydrogens (tertiary/aromatic N) is 4. The molecule has 120 valence electrons. The van der Waals surface area contributed by atoms with Crippen molar-refractivity contribution in [1.82, 2.24) is 15.0 Å². The zero-order valence-corrected chi connectivity index (χ0v) is 13.7. The van der Waals surface area contributed by atoms with Crippen molar-refractivity contribution in [1.29, 1.82) is 5.26 Å². The van der Waals surface area contributed by atoms with Crippen molar-refractivity contribution >= 4 is 0 Å². The van der Waals surface area contributed by atoms with Gasteiger partial charge in [-0.15, -0.1) is 5.10 Å². The van der Waals surface area contributed by atoms with E-state index in [0.29, 0.717) is 17.9 Å². The summed E-state index contributed by atoms with van der Waals surface area (Å²) >= 11 is 0. The lowest BCUT2D eigenvalue weighted by Gasteiger charge is -2.10. The summed E-state index contributed by atoms with van der Waals surface area (Å²) in [6.45, 7) is 4.90. The summed E-state index contributed by atoms with van der Waals surface area (Å²) in [5.41, 5.74) is 4.48. The van der Waals surface area contributed by atoms with E-state index in [1.807, 2.05) is 49.4 Å². The SMILES string of the molecule is Cc1ccc(OCc2c(C#N)nnn2Cc2ccccc2C)cc1. The standard InChI is InChI=1S/C19H18N4O/c1-14-7-9-17(10-8-14)24-13-19-18(11-20)21-22-23(19)12-16-6-4-3-5-15(16)2/h3-10H,12-13H2,1-2H3. The molecule has 0 aliphatic rings. The third-order valence-electron chi connectivity index (χ3n) is 3.92. The highest BCUT2D eigenvalue weighted by Crippen LogP contribution is 2.16. The van der Waals surface area contributed by atoms with Gasteiger partial charge in [0.15, 0.2) is 5.69 Å². The zero-order chi connectivity index (χ0) is 16.9. The summed E-state index contributed by atoms with van der Waals surface area (Å²) in [7, 11) is 0. The lowest BCUT2D eigenvalue weighted by atomic mass is 10.1. The molecule has 0 amide bonds. The molecule has 5 nitrogen and oxygen atoms in total. The Labute approximate surface area is 141 Å². The van der Waals surface area contributed by atoms with Crippen molar-refractivity contribution in [2.75, 3.05) is 0 Å². The van der Waals surface area contributed by atoms with Gasteiger partial charge < -0.3 is 4.74 Å². The summed E-state index contributed by atoms with van der Waals surface area (Å²) in [6.07, 6.45) is 0. The minimum Gasteiger partial charge on any atom is -0.487 e. The maximum absolute atomic E-state index is 9.26. The minimum absolute atomic E-state index is 0.255. The Morgan fingerprint density at radius 2 is 1.83 bits per heavy atom. The molecule has 0 aliphatic carbocycles. The van der Waals surface area contributed by atoms with Gasteiger partial charge in [0.2, 0.25) is 0 Å². The second-order valence-corrected chi connectivity index (χ2v) is 5.68. The number of ether oxygens (including phenoxy) is 1. The lowest BCUT2D eigenvalue weighted by molar-refractivity contribution is 0.292. The van der Waals surface area contributed by atoms with Crippen LogP contribution in [-0.4, -0.2) is 15.0 Å². The van der Waals surface area contributed by atoms with Gasteiger partial charge in [-0.05, 0) is 37.1 Å². The molecule has 0 fully saturated rings. The van der Waals surface area contributed by atoms with Crippen LogP contribution in [0.1, 0.15) is 28.1 Å². The van der Waals surface area contributed by atoms with E-state index in [9.17, 15) is 5.26 Å². The van der Waals surface area contributed by atoms with Gasteiger partial charge in [0.25, 0.3) is 0 Å². The topological polar surface area (TPSA) is 63.7 Å². The molecule has 0 unspecified atom stereocenters. The van der Waals surface area contributed by atoms with Crippen LogP contribution >= 0.6 is 0 Å². The fourth-order valence-electron chi connectivity index (χ4n) is 2.42. The molecule has 0 atom stereocenters. The first-order valence-electron chi connectivity index (χ1n) is 7.74. The smallest absolute Gasteiger partial charge is 0.189 e. The molecule has 5 heteroatoms. The molecule has 0 radical (unpaired) electrons. The maximum Gasteiger partial charge on any atom is 0.189 e. The molecule has 2 aromatic carbocycles. The summed E-state index contributed by atoms with van der Waals surface area (Å²) in [6, 6.07) is 18.0. The highest BCUT2D eigenvalue weighted by atomic mass is 16.5. The predicted octanol–water partition coefficient (Wildman–Crippen LogP) is 3.39. The first kappa shape index (κ1) is 15.8. The second kappa shape index (κ2) is 6.97. The number of aryl methyl sites for hydroxylation is 2. The van der Waals surface area contributed by atoms with Crippen LogP contribution < -0.4 is 4.74 Å². The molecule has 0 bridgehead atoms. The number of benzene rings is 2. The average Bonchev–Trinajstić information content (AvgIpc) is 2.98. The molecular weight excluding hydrogens is 300 g/mol. The van der Waals surface area contributed by atoms with Crippen LogP contribution in [-0.2, 0) is 13.2 Å². The maximum atomic E-state index is 9.26. The van der Waals surface area contributed by atoms with Gasteiger partial charge in [-0.3, -0.25) is 0 Å². The number of hydrogen-bond acceptors (Lipinski definition) is 4. The lowest BCUT2D eigenvalue weighted by Crippen LogP contribution is -2.10. The molecule has 0 N–H and O–H groups in total. The van der Waals surface area contributed by atoms with Crippen LogP contribution in [0.15, 0.2) is 48.5 Å². The van der Waals surface area contributed by atoms with E-state index in [2.05, 4.69) is 29.4 Å². The Kier molecular flexibility index (Phi) is 4.57. The molecule has 0 aliphatic heterocycles. The van der Waals surface area contributed by atoms with Gasteiger partial charge >= 0.3 is 0 Å². The van der Waals surface area contributed by atoms with E-state index < -0.39 is 0 Å². The van der Waals surface area contributed by atoms with Gasteiger partial charge in [0, 0.05) is 0 Å². The predicted molar refractivity (Wildman–Crippen MR) is 90.5 cm³/mol. The van der Waals surface area contributed by atoms with Gasteiger partial charge in [-0.25, -0.2) is 4.68 Å². The van der Waals surface area contributed by atoms with Crippen molar-refractivity contribution in [2.45, 2.75) is 27.0 Å². The number of nitriles is 1. The minimum atomic E-state index is 0.255. The van der Waals surface area contributed by atoms with E-state index in [4.69, 9.17) is 4.74 Å². The average molecular weight is 318 g/mol. The Morgan fingerprint density at radius 1 is 1.08 bits per heavy atom. The fraction of sp³-hybridized carbons (Fsp3) is 0.211. The highest BCUT2D eigenvalue weighted by molar-refractivity contribution is 5.30. The van der Waals surface area contributed by atoms with Gasteiger partial charge in [0.05, 0.1) is 6.54 Å². The monoisotopic (exact) mass is 318 g/mol. The van der Waals surface area contributed by atoms with E-state index in [0.717, 1.165) is 11.3 Å². The van der Waals surface area contributed by atoms with Crippen LogP contribution in [0.5, 0.6) is 5.75 Å². The number of rotatable bonds is 5. The Morgan fingerprint density at radius 3 is 2.54 bits per heavy atom. The molecule has 0 saturated carbocycles. The molecule has 0 saturated heterocycles. The quantitative estimate of drug-likeness (QED) is 0.723. The van der Waals surface area contributed by atoms with Crippen LogP contribution in [0, 0.1) is 25.2 Å². The van der Waals surface area contributed by atoms with Crippen molar-refractivity contribution in [2.24, 2.45) is 0 Å². The van der Waals surface area contributed by atoms with Gasteiger partial charge in [-0.2, -0.15) is 5.26 Å². The molecule has 3 aromatic rings. The third kappa shape index (κ3) is 3.44. The summed E-state index contributed by atoms with van der Waals surface area (Å²) in [4.78, 5) is 0. The normalized spacial score (nSPS) is 10.4. The first-order chi connectivity index (χ1) is 11.7. The summed E-state index contributed by atoms with van der Waals surface area (Å²) in [5.74, 6) is 0.758. The summed E-state index contributed by atoms with van der Waals surface area (Å²) < 4.78 is 7.54. The molecule has 3 rings (SSSR count). The third-order valence-corrected chi connectivity index (χ3v) is 3.92. The molecule has 1 aromatic heterocycles. The molecule has 1 heterocycles. The van der Waals surface area contributed by atoms with Crippen molar-refractivity contribution in [3.63, 3.8) is 0 Å². The van der Waals surface area contributed by atoms with Crippen LogP contribution in [0.25, 0.3) is 0 Å². The van der Waals surface area contributed by atoms with E-state index in [1.54, 1.807) is 4.68 Å². The largest absolute Gasteiger partial charge is 0.487 e. The molecule has 0 spiro atoms. The first-order valence-corrected chi connectivity index (χ1v) is 7.74. The van der Waals surface area contributed by atoms with Crippen molar-refractivity contribution in [3.05, 3.63) is 76.6 Å². The van der Waals surface area contributed by atoms with Crippen LogP contribution in [0.2, 0.25) is 0 Å². The zero-order valence-electron chi connectivity index (χ0n) is 13.7. The Hall–Kier alpha value is -3.13. The molecular formula is C19H18N4O. The Balaban J connectivity index is 1.81. The van der Waals surface area contributed by atoms with Crippen LogP contribution in [0.4, 0.5) is 0 Å². The number of hydrogen-bond donors (Lipinski definition) is 0. The number of aromatic nitrogens is 3. The van der Waals surface area contributed by atoms with Crippen molar-refractivity contribution < 1.29 is 4.74 Å². The van der Waals surface area contributed by atoms with E-state index in [-0.39, 0.29) is 6.61 Å². The Bertz CT molecular complexity index is 875. The molecule has 24 heavy (non-hydrogen) atoms. The second-order valence-electron chi connectivity index (χ2n) is 5.68.